The highest BCUT2D eigenvalue weighted by atomic mass is 32.2. The smallest absolute Gasteiger partial charge is 0.408 e. The number of hydrogen-bond donors (Lipinski definition) is 1. The highest BCUT2D eigenvalue weighted by molar-refractivity contribution is 7.89. The van der Waals surface area contributed by atoms with Gasteiger partial charge in [0.25, 0.3) is 0 Å². The van der Waals surface area contributed by atoms with E-state index in [-0.39, 0.29) is 55.3 Å². The number of piperazine rings is 1. The maximum atomic E-state index is 13.1. The van der Waals surface area contributed by atoms with E-state index in [1.807, 2.05) is 44.2 Å². The van der Waals surface area contributed by atoms with Crippen molar-refractivity contribution in [1.82, 2.24) is 19.7 Å². The number of nitrogens with zero attached hydrogens (tertiary/aromatic N) is 3. The zero-order chi connectivity index (χ0) is 24.2. The first-order valence-electron chi connectivity index (χ1n) is 10.8. The first-order chi connectivity index (χ1) is 15.6. The predicted molar refractivity (Wildman–Crippen MR) is 120 cm³/mol. The van der Waals surface area contributed by atoms with Crippen molar-refractivity contribution in [3.8, 4) is 0 Å². The van der Waals surface area contributed by atoms with Gasteiger partial charge < -0.3 is 19.5 Å². The summed E-state index contributed by atoms with van der Waals surface area (Å²) in [6.07, 6.45) is -0.675. The topological polar surface area (TPSA) is 122 Å². The highest BCUT2D eigenvalue weighted by Crippen LogP contribution is 2.24. The summed E-state index contributed by atoms with van der Waals surface area (Å²) < 4.78 is 37.6. The summed E-state index contributed by atoms with van der Waals surface area (Å²) in [5.41, 5.74) is 1.15. The molecule has 3 rings (SSSR count). The first kappa shape index (κ1) is 24.7. The van der Waals surface area contributed by atoms with Crippen LogP contribution in [-0.4, -0.2) is 67.0 Å². The zero-order valence-corrected chi connectivity index (χ0v) is 20.1. The van der Waals surface area contributed by atoms with E-state index in [4.69, 9.17) is 9.26 Å². The summed E-state index contributed by atoms with van der Waals surface area (Å²) in [6.45, 7) is 7.61. The lowest BCUT2D eigenvalue weighted by molar-refractivity contribution is -0.135. The summed E-state index contributed by atoms with van der Waals surface area (Å²) in [7, 11) is -3.77. The van der Waals surface area contributed by atoms with Crippen LogP contribution < -0.4 is 5.32 Å². The number of alkyl carbamates (subject to hydrolysis) is 1. The number of amides is 2. The number of hydrogen-bond acceptors (Lipinski definition) is 7. The van der Waals surface area contributed by atoms with Gasteiger partial charge in [-0.2, -0.15) is 4.31 Å². The number of carbonyl (C=O) groups is 2. The molecule has 1 fully saturated rings. The molecule has 0 saturated carbocycles. The molecule has 1 aromatic carbocycles. The van der Waals surface area contributed by atoms with Crippen LogP contribution in [0.4, 0.5) is 4.79 Å². The van der Waals surface area contributed by atoms with Crippen molar-refractivity contribution in [2.24, 2.45) is 5.92 Å². The Morgan fingerprint density at radius 1 is 1.12 bits per heavy atom. The normalized spacial score (nSPS) is 16.0. The summed E-state index contributed by atoms with van der Waals surface area (Å²) in [4.78, 5) is 27.0. The van der Waals surface area contributed by atoms with Gasteiger partial charge in [0, 0.05) is 26.2 Å². The van der Waals surface area contributed by atoms with Crippen molar-refractivity contribution in [2.45, 2.75) is 45.2 Å². The standard InChI is InChI=1S/C22H30N4O6S/c1-15(2)19(23-22(28)31-14-18-8-6-5-7-9-18)21(27)25-10-12-26(13-11-25)33(29,30)20-16(3)24-32-17(20)4/h5-9,15,19H,10-14H2,1-4H3,(H,23,28)/t19-/m0/s1. The number of benzene rings is 1. The number of rotatable bonds is 7. The third-order valence-corrected chi connectivity index (χ3v) is 7.68. The van der Waals surface area contributed by atoms with Crippen LogP contribution in [0.3, 0.4) is 0 Å². The highest BCUT2D eigenvalue weighted by Gasteiger charge is 2.36. The lowest BCUT2D eigenvalue weighted by Crippen LogP contribution is -2.57. The Balaban J connectivity index is 1.58. The number of sulfonamides is 1. The Bertz CT molecular complexity index is 1060. The quantitative estimate of drug-likeness (QED) is 0.646. The fraction of sp³-hybridized carbons (Fsp3) is 0.500. The van der Waals surface area contributed by atoms with Crippen LogP contribution in [0.25, 0.3) is 0 Å². The van der Waals surface area contributed by atoms with Gasteiger partial charge >= 0.3 is 6.09 Å². The molecule has 1 N–H and O–H groups in total. The van der Waals surface area contributed by atoms with Crippen LogP contribution >= 0.6 is 0 Å². The van der Waals surface area contributed by atoms with E-state index in [0.717, 1.165) is 5.56 Å². The number of ether oxygens (including phenoxy) is 1. The molecule has 11 heteroatoms. The van der Waals surface area contributed by atoms with E-state index in [9.17, 15) is 18.0 Å². The molecule has 1 atom stereocenters. The Morgan fingerprint density at radius 2 is 1.76 bits per heavy atom. The third-order valence-electron chi connectivity index (χ3n) is 5.53. The number of aromatic nitrogens is 1. The lowest BCUT2D eigenvalue weighted by Gasteiger charge is -2.36. The van der Waals surface area contributed by atoms with E-state index in [1.165, 1.54) is 4.31 Å². The average molecular weight is 479 g/mol. The SMILES string of the molecule is Cc1noc(C)c1S(=O)(=O)N1CCN(C(=O)[C@@H](NC(=O)OCc2ccccc2)C(C)C)CC1. The van der Waals surface area contributed by atoms with Gasteiger partial charge in [-0.3, -0.25) is 4.79 Å². The largest absolute Gasteiger partial charge is 0.445 e. The van der Waals surface area contributed by atoms with E-state index in [2.05, 4.69) is 10.5 Å². The van der Waals surface area contributed by atoms with Crippen molar-refractivity contribution >= 4 is 22.0 Å². The fourth-order valence-electron chi connectivity index (χ4n) is 3.72. The van der Waals surface area contributed by atoms with Crippen molar-refractivity contribution < 1.29 is 27.3 Å². The molecule has 1 aromatic heterocycles. The van der Waals surface area contributed by atoms with E-state index < -0.39 is 22.2 Å². The first-order valence-corrected chi connectivity index (χ1v) is 12.2. The summed E-state index contributed by atoms with van der Waals surface area (Å²) in [5, 5.41) is 6.39. The van der Waals surface area contributed by atoms with Gasteiger partial charge in [-0.15, -0.1) is 0 Å². The lowest BCUT2D eigenvalue weighted by atomic mass is 10.0. The molecular weight excluding hydrogens is 448 g/mol. The maximum Gasteiger partial charge on any atom is 0.408 e. The van der Waals surface area contributed by atoms with Gasteiger partial charge in [0.2, 0.25) is 15.9 Å². The van der Waals surface area contributed by atoms with E-state index in [0.29, 0.717) is 5.69 Å². The average Bonchev–Trinajstić information content (AvgIpc) is 3.14. The van der Waals surface area contributed by atoms with Crippen LogP contribution in [0.2, 0.25) is 0 Å². The maximum absolute atomic E-state index is 13.1. The van der Waals surface area contributed by atoms with Gasteiger partial charge in [0.05, 0.1) is 0 Å². The molecule has 33 heavy (non-hydrogen) atoms. The summed E-state index contributed by atoms with van der Waals surface area (Å²) >= 11 is 0. The van der Waals surface area contributed by atoms with Gasteiger partial charge in [-0.05, 0) is 25.3 Å². The van der Waals surface area contributed by atoms with Gasteiger partial charge in [-0.25, -0.2) is 13.2 Å². The van der Waals surface area contributed by atoms with Crippen LogP contribution in [0.5, 0.6) is 0 Å². The molecule has 1 aliphatic rings. The third kappa shape index (κ3) is 5.72. The Labute approximate surface area is 193 Å². The van der Waals surface area contributed by atoms with Crippen molar-refractivity contribution in [1.29, 1.82) is 0 Å². The number of carbonyl (C=O) groups excluding carboxylic acids is 2. The molecular formula is C22H30N4O6S. The van der Waals surface area contributed by atoms with Crippen LogP contribution in [0.15, 0.2) is 39.8 Å². The molecule has 1 saturated heterocycles. The summed E-state index contributed by atoms with van der Waals surface area (Å²) in [5.74, 6) is -0.203. The molecule has 2 amide bonds. The van der Waals surface area contributed by atoms with E-state index in [1.54, 1.807) is 18.7 Å². The van der Waals surface area contributed by atoms with Gasteiger partial charge in [0.15, 0.2) is 5.76 Å². The van der Waals surface area contributed by atoms with E-state index >= 15 is 0 Å². The van der Waals surface area contributed by atoms with Crippen LogP contribution in [-0.2, 0) is 26.2 Å². The summed E-state index contributed by atoms with van der Waals surface area (Å²) in [6, 6.07) is 8.48. The van der Waals surface area contributed by atoms with Crippen LogP contribution in [0, 0.1) is 19.8 Å². The number of aryl methyl sites for hydroxylation is 2. The second-order valence-electron chi connectivity index (χ2n) is 8.31. The van der Waals surface area contributed by atoms with Crippen molar-refractivity contribution in [2.75, 3.05) is 26.2 Å². The Morgan fingerprint density at radius 3 is 2.30 bits per heavy atom. The molecule has 0 unspecified atom stereocenters. The Hall–Kier alpha value is -2.92. The van der Waals surface area contributed by atoms with Gasteiger partial charge in [0.1, 0.15) is 23.2 Å². The molecule has 0 radical (unpaired) electrons. The van der Waals surface area contributed by atoms with Gasteiger partial charge in [-0.1, -0.05) is 49.3 Å². The molecule has 0 bridgehead atoms. The van der Waals surface area contributed by atoms with Crippen LogP contribution in [0.1, 0.15) is 30.9 Å². The Kier molecular flexibility index (Phi) is 7.75. The zero-order valence-electron chi connectivity index (χ0n) is 19.3. The molecule has 2 aromatic rings. The molecule has 2 heterocycles. The molecule has 180 valence electrons. The minimum atomic E-state index is -3.77. The molecule has 0 aliphatic carbocycles. The van der Waals surface area contributed by atoms with Crippen molar-refractivity contribution in [3.05, 3.63) is 47.3 Å². The second-order valence-corrected chi connectivity index (χ2v) is 10.2. The predicted octanol–water partition coefficient (Wildman–Crippen LogP) is 2.08. The molecule has 0 spiro atoms. The number of nitrogens with one attached hydrogen (secondary N) is 1. The molecule has 10 nitrogen and oxygen atoms in total. The minimum Gasteiger partial charge on any atom is -0.445 e. The fourth-order valence-corrected chi connectivity index (χ4v) is 5.44. The molecule has 1 aliphatic heterocycles. The second kappa shape index (κ2) is 10.3. The minimum absolute atomic E-state index is 0.0742. The van der Waals surface area contributed by atoms with Crippen molar-refractivity contribution in [3.63, 3.8) is 0 Å². The monoisotopic (exact) mass is 478 g/mol.